The fraction of sp³-hybridized carbons (Fsp3) is 0.222. The fourth-order valence-electron chi connectivity index (χ4n) is 3.15. The van der Waals surface area contributed by atoms with Crippen LogP contribution in [0.5, 0.6) is 0 Å². The summed E-state index contributed by atoms with van der Waals surface area (Å²) in [5.41, 5.74) is 2.90. The van der Waals surface area contributed by atoms with Crippen LogP contribution in [0.15, 0.2) is 53.9 Å². The maximum absolute atomic E-state index is 12.7. The minimum atomic E-state index is -0.109. The van der Waals surface area contributed by atoms with E-state index >= 15 is 0 Å². The molecule has 2 aromatic rings. The molecule has 118 valence electrons. The Morgan fingerprint density at radius 2 is 2.08 bits per heavy atom. The Labute approximate surface area is 139 Å². The SMILES string of the molecule is N#Cc1ccc(C(=O)N2CC3ON=C(c4cccnc4)C3C2)cc1. The lowest BCUT2D eigenvalue weighted by atomic mass is 9.96. The summed E-state index contributed by atoms with van der Waals surface area (Å²) in [5.74, 6) is 0.0135. The Kier molecular flexibility index (Phi) is 3.47. The molecule has 1 amide bonds. The number of pyridine rings is 1. The third-order valence-corrected chi connectivity index (χ3v) is 4.41. The van der Waals surface area contributed by atoms with Crippen LogP contribution in [0.1, 0.15) is 21.5 Å². The molecular formula is C18H14N4O2. The van der Waals surface area contributed by atoms with E-state index in [4.69, 9.17) is 10.1 Å². The second kappa shape index (κ2) is 5.78. The number of likely N-dealkylation sites (tertiary alicyclic amines) is 1. The second-order valence-electron chi connectivity index (χ2n) is 5.87. The lowest BCUT2D eigenvalue weighted by molar-refractivity contribution is 0.0631. The summed E-state index contributed by atoms with van der Waals surface area (Å²) in [5, 5.41) is 13.0. The first kappa shape index (κ1) is 14.4. The number of fused-ring (bicyclic) bond motifs is 1. The smallest absolute Gasteiger partial charge is 0.254 e. The molecule has 1 saturated heterocycles. The van der Waals surface area contributed by atoms with Gasteiger partial charge in [0.25, 0.3) is 5.91 Å². The molecule has 2 atom stereocenters. The van der Waals surface area contributed by atoms with Gasteiger partial charge in [-0.05, 0) is 36.4 Å². The fourth-order valence-corrected chi connectivity index (χ4v) is 3.15. The number of amides is 1. The van der Waals surface area contributed by atoms with Gasteiger partial charge in [0, 0.05) is 30.1 Å². The highest BCUT2D eigenvalue weighted by molar-refractivity contribution is 6.04. The molecule has 0 N–H and O–H groups in total. The maximum atomic E-state index is 12.7. The first-order chi connectivity index (χ1) is 11.8. The van der Waals surface area contributed by atoms with Gasteiger partial charge in [-0.25, -0.2) is 0 Å². The number of carbonyl (C=O) groups is 1. The van der Waals surface area contributed by atoms with E-state index in [2.05, 4.69) is 16.2 Å². The van der Waals surface area contributed by atoms with Crippen LogP contribution in [0.25, 0.3) is 0 Å². The van der Waals surface area contributed by atoms with Crippen LogP contribution in [0.3, 0.4) is 0 Å². The summed E-state index contributed by atoms with van der Waals surface area (Å²) in [6.07, 6.45) is 3.37. The Hall–Kier alpha value is -3.20. The van der Waals surface area contributed by atoms with Gasteiger partial charge in [0.2, 0.25) is 0 Å². The number of nitrogens with zero attached hydrogens (tertiary/aromatic N) is 4. The minimum Gasteiger partial charge on any atom is -0.390 e. The van der Waals surface area contributed by atoms with Gasteiger partial charge in [-0.3, -0.25) is 9.78 Å². The van der Waals surface area contributed by atoms with Crippen molar-refractivity contribution in [2.45, 2.75) is 6.10 Å². The molecule has 1 aromatic carbocycles. The van der Waals surface area contributed by atoms with Crippen molar-refractivity contribution < 1.29 is 9.63 Å². The molecule has 2 aliphatic rings. The molecule has 1 aromatic heterocycles. The number of aromatic nitrogens is 1. The van der Waals surface area contributed by atoms with Crippen molar-refractivity contribution in [3.8, 4) is 6.07 Å². The van der Waals surface area contributed by atoms with E-state index in [0.717, 1.165) is 11.3 Å². The van der Waals surface area contributed by atoms with Crippen molar-refractivity contribution in [3.63, 3.8) is 0 Å². The van der Waals surface area contributed by atoms with Crippen LogP contribution in [-0.2, 0) is 4.84 Å². The van der Waals surface area contributed by atoms with E-state index in [1.54, 1.807) is 41.6 Å². The number of nitriles is 1. The molecule has 4 rings (SSSR count). The van der Waals surface area contributed by atoms with Crippen LogP contribution < -0.4 is 0 Å². The monoisotopic (exact) mass is 318 g/mol. The normalized spacial score (nSPS) is 21.6. The van der Waals surface area contributed by atoms with Gasteiger partial charge >= 0.3 is 0 Å². The predicted octanol–water partition coefficient (Wildman–Crippen LogP) is 1.83. The molecule has 2 unspecified atom stereocenters. The highest BCUT2D eigenvalue weighted by Crippen LogP contribution is 2.30. The number of carbonyl (C=O) groups excluding carboxylic acids is 1. The largest absolute Gasteiger partial charge is 0.390 e. The average molecular weight is 318 g/mol. The number of oxime groups is 1. The Morgan fingerprint density at radius 3 is 2.79 bits per heavy atom. The van der Waals surface area contributed by atoms with Gasteiger partial charge in [0.05, 0.1) is 29.8 Å². The molecule has 0 saturated carbocycles. The molecule has 0 spiro atoms. The van der Waals surface area contributed by atoms with Crippen LogP contribution in [-0.4, -0.2) is 40.7 Å². The van der Waals surface area contributed by atoms with Gasteiger partial charge in [0.15, 0.2) is 6.10 Å². The summed E-state index contributed by atoms with van der Waals surface area (Å²) < 4.78 is 0. The molecule has 6 heteroatoms. The highest BCUT2D eigenvalue weighted by Gasteiger charge is 2.44. The van der Waals surface area contributed by atoms with E-state index in [1.807, 2.05) is 12.1 Å². The zero-order valence-electron chi connectivity index (χ0n) is 12.8. The molecule has 0 radical (unpaired) electrons. The first-order valence-electron chi connectivity index (χ1n) is 7.70. The highest BCUT2D eigenvalue weighted by atomic mass is 16.6. The summed E-state index contributed by atoms with van der Waals surface area (Å²) >= 11 is 0. The molecule has 1 fully saturated rings. The van der Waals surface area contributed by atoms with Gasteiger partial charge in [-0.2, -0.15) is 5.26 Å². The summed E-state index contributed by atoms with van der Waals surface area (Å²) in [6.45, 7) is 1.08. The van der Waals surface area contributed by atoms with E-state index in [9.17, 15) is 4.79 Å². The number of hydrogen-bond donors (Lipinski definition) is 0. The van der Waals surface area contributed by atoms with Crippen molar-refractivity contribution in [1.82, 2.24) is 9.88 Å². The topological polar surface area (TPSA) is 78.6 Å². The average Bonchev–Trinajstić information content (AvgIpc) is 3.22. The van der Waals surface area contributed by atoms with Crippen LogP contribution in [0.4, 0.5) is 0 Å². The standard InChI is InChI=1S/C18H14N4O2/c19-8-12-3-5-13(6-4-12)18(23)22-10-15-16(11-22)24-21-17(15)14-2-1-7-20-9-14/h1-7,9,15-16H,10-11H2. The third kappa shape index (κ3) is 2.40. The summed E-state index contributed by atoms with van der Waals surface area (Å²) in [4.78, 5) is 24.1. The lowest BCUT2D eigenvalue weighted by Crippen LogP contribution is -2.30. The van der Waals surface area contributed by atoms with Crippen molar-refractivity contribution in [3.05, 3.63) is 65.5 Å². The lowest BCUT2D eigenvalue weighted by Gasteiger charge is -2.16. The van der Waals surface area contributed by atoms with Gasteiger partial charge < -0.3 is 9.74 Å². The van der Waals surface area contributed by atoms with Crippen molar-refractivity contribution in [2.75, 3.05) is 13.1 Å². The molecule has 6 nitrogen and oxygen atoms in total. The number of benzene rings is 1. The minimum absolute atomic E-state index is 0.0528. The third-order valence-electron chi connectivity index (χ3n) is 4.41. The molecule has 3 heterocycles. The molecule has 0 aliphatic carbocycles. The maximum Gasteiger partial charge on any atom is 0.254 e. The zero-order chi connectivity index (χ0) is 16.5. The van der Waals surface area contributed by atoms with E-state index in [0.29, 0.717) is 24.2 Å². The molecule has 2 aliphatic heterocycles. The Morgan fingerprint density at radius 1 is 1.25 bits per heavy atom. The zero-order valence-corrected chi connectivity index (χ0v) is 12.8. The molecule has 0 bridgehead atoms. The summed E-state index contributed by atoms with van der Waals surface area (Å²) in [6, 6.07) is 12.5. The van der Waals surface area contributed by atoms with Crippen LogP contribution in [0.2, 0.25) is 0 Å². The Bertz CT molecular complexity index is 840. The van der Waals surface area contributed by atoms with E-state index < -0.39 is 0 Å². The van der Waals surface area contributed by atoms with Gasteiger partial charge in [-0.1, -0.05) is 5.16 Å². The van der Waals surface area contributed by atoms with Crippen molar-refractivity contribution in [1.29, 1.82) is 5.26 Å². The second-order valence-corrected chi connectivity index (χ2v) is 5.87. The molecular weight excluding hydrogens is 304 g/mol. The van der Waals surface area contributed by atoms with Crippen molar-refractivity contribution >= 4 is 11.6 Å². The summed E-state index contributed by atoms with van der Waals surface area (Å²) in [7, 11) is 0. The van der Waals surface area contributed by atoms with Crippen LogP contribution >= 0.6 is 0 Å². The van der Waals surface area contributed by atoms with E-state index in [1.165, 1.54) is 0 Å². The molecule has 24 heavy (non-hydrogen) atoms. The number of rotatable bonds is 2. The van der Waals surface area contributed by atoms with E-state index in [-0.39, 0.29) is 17.9 Å². The first-order valence-corrected chi connectivity index (χ1v) is 7.70. The quantitative estimate of drug-likeness (QED) is 0.846. The predicted molar refractivity (Wildman–Crippen MR) is 86.2 cm³/mol. The van der Waals surface area contributed by atoms with Crippen LogP contribution in [0, 0.1) is 17.2 Å². The van der Waals surface area contributed by atoms with Crippen molar-refractivity contribution in [2.24, 2.45) is 11.1 Å². The van der Waals surface area contributed by atoms with Gasteiger partial charge in [0.1, 0.15) is 0 Å². The number of hydrogen-bond acceptors (Lipinski definition) is 5. The Balaban J connectivity index is 1.51. The van der Waals surface area contributed by atoms with Gasteiger partial charge in [-0.15, -0.1) is 0 Å².